The largest absolute Gasteiger partial charge is 0.207 e. The Hall–Kier alpha value is -0.370. The fourth-order valence-corrected chi connectivity index (χ4v) is 1.32. The molecule has 0 spiro atoms. The molecule has 0 aliphatic carbocycles. The number of aryl methyl sites for hydroxylation is 1. The van der Waals surface area contributed by atoms with Crippen molar-refractivity contribution < 1.29 is 4.39 Å². The third-order valence-electron chi connectivity index (χ3n) is 1.58. The van der Waals surface area contributed by atoms with Gasteiger partial charge in [0.05, 0.1) is 0 Å². The van der Waals surface area contributed by atoms with Crippen molar-refractivity contribution >= 4 is 15.9 Å². The van der Waals surface area contributed by atoms with Crippen LogP contribution >= 0.6 is 15.9 Å². The second-order valence-electron chi connectivity index (χ2n) is 2.64. The van der Waals surface area contributed by atoms with Crippen molar-refractivity contribution in [3.05, 3.63) is 35.1 Å². The zero-order valence-corrected chi connectivity index (χ0v) is 8.15. The van der Waals surface area contributed by atoms with E-state index in [1.54, 1.807) is 6.07 Å². The van der Waals surface area contributed by atoms with Gasteiger partial charge >= 0.3 is 0 Å². The van der Waals surface area contributed by atoms with Crippen molar-refractivity contribution in [2.45, 2.75) is 18.7 Å². The summed E-state index contributed by atoms with van der Waals surface area (Å²) in [5.74, 6) is -0.139. The van der Waals surface area contributed by atoms with Crippen LogP contribution in [0.15, 0.2) is 18.2 Å². The van der Waals surface area contributed by atoms with Gasteiger partial charge in [0.1, 0.15) is 5.82 Å². The van der Waals surface area contributed by atoms with Crippen LogP contribution in [0, 0.1) is 12.7 Å². The van der Waals surface area contributed by atoms with Crippen LogP contribution in [0.4, 0.5) is 4.39 Å². The van der Waals surface area contributed by atoms with E-state index < -0.39 is 0 Å². The molecule has 11 heavy (non-hydrogen) atoms. The van der Waals surface area contributed by atoms with Gasteiger partial charge in [-0.25, -0.2) is 4.39 Å². The first-order valence-electron chi connectivity index (χ1n) is 3.51. The molecule has 0 saturated heterocycles. The SMILES string of the molecule is Cc1ccc(F)c(C(C)Br)c1. The van der Waals surface area contributed by atoms with Gasteiger partial charge in [0.2, 0.25) is 0 Å². The average molecular weight is 217 g/mol. The Morgan fingerprint density at radius 3 is 2.55 bits per heavy atom. The van der Waals surface area contributed by atoms with Gasteiger partial charge in [-0.05, 0) is 19.9 Å². The summed E-state index contributed by atoms with van der Waals surface area (Å²) in [6.07, 6.45) is 0. The minimum absolute atomic E-state index is 0.0856. The molecule has 0 aliphatic rings. The molecule has 1 aromatic rings. The molecule has 1 aromatic carbocycles. The van der Waals surface area contributed by atoms with Gasteiger partial charge in [-0.3, -0.25) is 0 Å². The predicted octanol–water partition coefficient (Wildman–Crippen LogP) is 3.59. The summed E-state index contributed by atoms with van der Waals surface area (Å²) < 4.78 is 13.0. The lowest BCUT2D eigenvalue weighted by atomic mass is 10.1. The Kier molecular flexibility index (Phi) is 2.66. The zero-order valence-electron chi connectivity index (χ0n) is 6.57. The van der Waals surface area contributed by atoms with E-state index in [1.807, 2.05) is 19.9 Å². The molecular weight excluding hydrogens is 207 g/mol. The third-order valence-corrected chi connectivity index (χ3v) is 2.07. The lowest BCUT2D eigenvalue weighted by Gasteiger charge is -2.05. The molecule has 60 valence electrons. The Morgan fingerprint density at radius 1 is 1.45 bits per heavy atom. The van der Waals surface area contributed by atoms with Crippen LogP contribution in [-0.2, 0) is 0 Å². The molecule has 0 N–H and O–H groups in total. The number of hydrogen-bond donors (Lipinski definition) is 0. The molecule has 0 bridgehead atoms. The van der Waals surface area contributed by atoms with Crippen molar-refractivity contribution in [2.75, 3.05) is 0 Å². The molecule has 0 saturated carbocycles. The molecular formula is C9H10BrF. The second kappa shape index (κ2) is 3.35. The zero-order chi connectivity index (χ0) is 8.43. The topological polar surface area (TPSA) is 0 Å². The first kappa shape index (κ1) is 8.72. The van der Waals surface area contributed by atoms with Crippen LogP contribution < -0.4 is 0 Å². The van der Waals surface area contributed by atoms with Gasteiger partial charge in [0, 0.05) is 10.4 Å². The van der Waals surface area contributed by atoms with Crippen LogP contribution in [0.25, 0.3) is 0 Å². The van der Waals surface area contributed by atoms with E-state index >= 15 is 0 Å². The van der Waals surface area contributed by atoms with E-state index in [1.165, 1.54) is 6.07 Å². The van der Waals surface area contributed by atoms with Crippen LogP contribution in [0.5, 0.6) is 0 Å². The monoisotopic (exact) mass is 216 g/mol. The summed E-state index contributed by atoms with van der Waals surface area (Å²) in [4.78, 5) is 0.0856. The lowest BCUT2D eigenvalue weighted by molar-refractivity contribution is 0.611. The van der Waals surface area contributed by atoms with Gasteiger partial charge < -0.3 is 0 Å². The number of hydrogen-bond acceptors (Lipinski definition) is 0. The molecule has 1 atom stereocenters. The Bertz CT molecular complexity index is 256. The van der Waals surface area contributed by atoms with Gasteiger partial charge in [-0.1, -0.05) is 33.6 Å². The Labute approximate surface area is 74.6 Å². The van der Waals surface area contributed by atoms with E-state index in [-0.39, 0.29) is 10.6 Å². The number of alkyl halides is 1. The van der Waals surface area contributed by atoms with Gasteiger partial charge in [0.15, 0.2) is 0 Å². The Morgan fingerprint density at radius 2 is 2.09 bits per heavy atom. The normalized spacial score (nSPS) is 13.1. The van der Waals surface area contributed by atoms with E-state index in [2.05, 4.69) is 15.9 Å². The van der Waals surface area contributed by atoms with Gasteiger partial charge in [-0.2, -0.15) is 0 Å². The molecule has 0 radical (unpaired) electrons. The molecule has 0 heterocycles. The van der Waals surface area contributed by atoms with Crippen LogP contribution in [-0.4, -0.2) is 0 Å². The van der Waals surface area contributed by atoms with Crippen molar-refractivity contribution in [1.82, 2.24) is 0 Å². The van der Waals surface area contributed by atoms with Crippen molar-refractivity contribution in [2.24, 2.45) is 0 Å². The smallest absolute Gasteiger partial charge is 0.127 e. The highest BCUT2D eigenvalue weighted by Crippen LogP contribution is 2.24. The molecule has 0 nitrogen and oxygen atoms in total. The third kappa shape index (κ3) is 2.03. The number of rotatable bonds is 1. The van der Waals surface area contributed by atoms with E-state index in [4.69, 9.17) is 0 Å². The summed E-state index contributed by atoms with van der Waals surface area (Å²) in [5.41, 5.74) is 1.82. The van der Waals surface area contributed by atoms with E-state index in [9.17, 15) is 4.39 Å². The van der Waals surface area contributed by atoms with Crippen molar-refractivity contribution in [1.29, 1.82) is 0 Å². The molecule has 1 rings (SSSR count). The van der Waals surface area contributed by atoms with Gasteiger partial charge in [0.25, 0.3) is 0 Å². The highest BCUT2D eigenvalue weighted by Gasteiger charge is 2.06. The number of benzene rings is 1. The fraction of sp³-hybridized carbons (Fsp3) is 0.333. The highest BCUT2D eigenvalue weighted by atomic mass is 79.9. The quantitative estimate of drug-likeness (QED) is 0.630. The molecule has 0 aliphatic heterocycles. The Balaban J connectivity index is 3.13. The minimum atomic E-state index is -0.139. The van der Waals surface area contributed by atoms with E-state index in [0.717, 1.165) is 11.1 Å². The first-order chi connectivity index (χ1) is 5.11. The maximum absolute atomic E-state index is 13.0. The molecule has 0 amide bonds. The lowest BCUT2D eigenvalue weighted by Crippen LogP contribution is -1.90. The molecule has 0 aromatic heterocycles. The number of halogens is 2. The molecule has 2 heteroatoms. The van der Waals surface area contributed by atoms with Crippen molar-refractivity contribution in [3.8, 4) is 0 Å². The summed E-state index contributed by atoms with van der Waals surface area (Å²) in [7, 11) is 0. The minimum Gasteiger partial charge on any atom is -0.207 e. The van der Waals surface area contributed by atoms with Crippen LogP contribution in [0.3, 0.4) is 0 Å². The highest BCUT2D eigenvalue weighted by molar-refractivity contribution is 9.09. The van der Waals surface area contributed by atoms with Crippen molar-refractivity contribution in [3.63, 3.8) is 0 Å². The predicted molar refractivity (Wildman–Crippen MR) is 48.5 cm³/mol. The van der Waals surface area contributed by atoms with Crippen LogP contribution in [0.2, 0.25) is 0 Å². The summed E-state index contributed by atoms with van der Waals surface area (Å²) in [6.45, 7) is 3.87. The maximum atomic E-state index is 13.0. The summed E-state index contributed by atoms with van der Waals surface area (Å²) >= 11 is 3.33. The van der Waals surface area contributed by atoms with E-state index in [0.29, 0.717) is 0 Å². The van der Waals surface area contributed by atoms with Crippen LogP contribution in [0.1, 0.15) is 22.9 Å². The fourth-order valence-electron chi connectivity index (χ4n) is 0.968. The average Bonchev–Trinajstić information content (AvgIpc) is 1.94. The second-order valence-corrected chi connectivity index (χ2v) is 4.01. The standard InChI is InChI=1S/C9H10BrF/c1-6-3-4-9(11)8(5-6)7(2)10/h3-5,7H,1-2H3. The van der Waals surface area contributed by atoms with Gasteiger partial charge in [-0.15, -0.1) is 0 Å². The summed E-state index contributed by atoms with van der Waals surface area (Å²) in [5, 5.41) is 0. The maximum Gasteiger partial charge on any atom is 0.127 e. The molecule has 1 unspecified atom stereocenters. The first-order valence-corrected chi connectivity index (χ1v) is 4.43. The molecule has 0 fully saturated rings. The summed E-state index contributed by atoms with van der Waals surface area (Å²) in [6, 6.07) is 5.13.